The third kappa shape index (κ3) is 2.30. The first-order valence-corrected chi connectivity index (χ1v) is 7.10. The largest absolute Gasteiger partial charge is 0.508 e. The topological polar surface area (TPSA) is 70.7 Å². The molecule has 0 aliphatic rings. The van der Waals surface area contributed by atoms with Crippen molar-refractivity contribution in [2.45, 2.75) is 0 Å². The second kappa shape index (κ2) is 4.88. The lowest BCUT2D eigenvalue weighted by molar-refractivity contribution is 0.0665. The van der Waals surface area contributed by atoms with Crippen molar-refractivity contribution >= 4 is 27.7 Å². The minimum Gasteiger partial charge on any atom is -0.508 e. The summed E-state index contributed by atoms with van der Waals surface area (Å²) in [6, 6.07) is 18.3. The van der Waals surface area contributed by atoms with Crippen LogP contribution in [0, 0.1) is 0 Å². The molecule has 112 valence electrons. The second-order valence-electron chi connectivity index (χ2n) is 5.41. The quantitative estimate of drug-likeness (QED) is 0.565. The van der Waals surface area contributed by atoms with E-state index in [1.165, 1.54) is 6.07 Å². The van der Waals surface area contributed by atoms with Gasteiger partial charge in [0.1, 0.15) is 11.3 Å². The van der Waals surface area contributed by atoms with Crippen molar-refractivity contribution in [3.05, 3.63) is 66.4 Å². The average Bonchev–Trinajstić information content (AvgIpc) is 2.97. The van der Waals surface area contributed by atoms with E-state index in [4.69, 9.17) is 9.52 Å². The maximum atomic E-state index is 11.0. The maximum Gasteiger partial charge on any atom is 0.371 e. The van der Waals surface area contributed by atoms with Crippen LogP contribution in [0.1, 0.15) is 10.6 Å². The Morgan fingerprint density at radius 3 is 2.22 bits per heavy atom. The van der Waals surface area contributed by atoms with Crippen LogP contribution in [0.2, 0.25) is 0 Å². The summed E-state index contributed by atoms with van der Waals surface area (Å²) in [5, 5.41) is 21.3. The molecule has 4 rings (SSSR count). The number of benzene rings is 3. The number of aromatic hydroxyl groups is 1. The van der Waals surface area contributed by atoms with Crippen LogP contribution in [0.3, 0.4) is 0 Å². The van der Waals surface area contributed by atoms with E-state index in [1.807, 2.05) is 42.5 Å². The Hall–Kier alpha value is -3.27. The molecule has 0 bridgehead atoms. The Morgan fingerprint density at radius 2 is 1.43 bits per heavy atom. The third-order valence-electron chi connectivity index (χ3n) is 3.89. The fourth-order valence-electron chi connectivity index (χ4n) is 2.73. The Balaban J connectivity index is 1.84. The minimum atomic E-state index is -1.08. The highest BCUT2D eigenvalue weighted by molar-refractivity contribution is 5.94. The number of phenols is 1. The monoisotopic (exact) mass is 304 g/mol. The SMILES string of the molecule is O=C(O)c1cc2ccc(-c3ccc4cc(O)ccc4c3)cc2o1. The van der Waals surface area contributed by atoms with Gasteiger partial charge in [0.25, 0.3) is 0 Å². The normalized spacial score (nSPS) is 11.1. The number of rotatable bonds is 2. The van der Waals surface area contributed by atoms with E-state index >= 15 is 0 Å². The van der Waals surface area contributed by atoms with Crippen molar-refractivity contribution < 1.29 is 19.4 Å². The smallest absolute Gasteiger partial charge is 0.371 e. The molecule has 0 spiro atoms. The molecule has 1 aromatic heterocycles. The summed E-state index contributed by atoms with van der Waals surface area (Å²) in [7, 11) is 0. The van der Waals surface area contributed by atoms with Crippen LogP contribution in [0.5, 0.6) is 5.75 Å². The zero-order chi connectivity index (χ0) is 16.0. The number of carboxylic acid groups (broad SMARTS) is 1. The number of furan rings is 1. The Labute approximate surface area is 131 Å². The van der Waals surface area contributed by atoms with Gasteiger partial charge in [-0.3, -0.25) is 0 Å². The molecule has 0 atom stereocenters. The highest BCUT2D eigenvalue weighted by Gasteiger charge is 2.11. The number of fused-ring (bicyclic) bond motifs is 2. The van der Waals surface area contributed by atoms with Crippen molar-refractivity contribution in [1.29, 1.82) is 0 Å². The summed E-state index contributed by atoms with van der Waals surface area (Å²) in [5.74, 6) is -0.900. The summed E-state index contributed by atoms with van der Waals surface area (Å²) in [5.41, 5.74) is 2.49. The molecule has 0 amide bonds. The minimum absolute atomic E-state index is 0.0638. The van der Waals surface area contributed by atoms with E-state index in [1.54, 1.807) is 12.1 Å². The zero-order valence-electron chi connectivity index (χ0n) is 12.0. The zero-order valence-corrected chi connectivity index (χ0v) is 12.0. The van der Waals surface area contributed by atoms with Crippen LogP contribution >= 0.6 is 0 Å². The maximum absolute atomic E-state index is 11.0. The first-order valence-electron chi connectivity index (χ1n) is 7.10. The van der Waals surface area contributed by atoms with E-state index in [-0.39, 0.29) is 11.5 Å². The lowest BCUT2D eigenvalue weighted by Crippen LogP contribution is -1.91. The molecule has 0 aliphatic heterocycles. The van der Waals surface area contributed by atoms with Crippen LogP contribution in [0.25, 0.3) is 32.9 Å². The third-order valence-corrected chi connectivity index (χ3v) is 3.89. The van der Waals surface area contributed by atoms with E-state index < -0.39 is 5.97 Å². The van der Waals surface area contributed by atoms with Crippen molar-refractivity contribution in [1.82, 2.24) is 0 Å². The average molecular weight is 304 g/mol. The first kappa shape index (κ1) is 13.4. The highest BCUT2D eigenvalue weighted by atomic mass is 16.4. The highest BCUT2D eigenvalue weighted by Crippen LogP contribution is 2.30. The molecule has 0 saturated heterocycles. The van der Waals surface area contributed by atoms with Crippen molar-refractivity contribution in [2.75, 3.05) is 0 Å². The number of hydrogen-bond donors (Lipinski definition) is 2. The van der Waals surface area contributed by atoms with E-state index in [0.29, 0.717) is 5.58 Å². The van der Waals surface area contributed by atoms with Crippen molar-refractivity contribution in [3.8, 4) is 16.9 Å². The van der Waals surface area contributed by atoms with Crippen LogP contribution < -0.4 is 0 Å². The molecule has 3 aromatic carbocycles. The van der Waals surface area contributed by atoms with Crippen molar-refractivity contribution in [2.24, 2.45) is 0 Å². The molecular weight excluding hydrogens is 292 g/mol. The lowest BCUT2D eigenvalue weighted by Gasteiger charge is -2.05. The molecule has 23 heavy (non-hydrogen) atoms. The predicted octanol–water partition coefficient (Wildman–Crippen LogP) is 4.66. The molecule has 4 heteroatoms. The van der Waals surface area contributed by atoms with E-state index in [2.05, 4.69) is 0 Å². The van der Waals surface area contributed by atoms with Gasteiger partial charge in [0.05, 0.1) is 0 Å². The van der Waals surface area contributed by atoms with Gasteiger partial charge in [-0.1, -0.05) is 30.3 Å². The summed E-state index contributed by atoms with van der Waals surface area (Å²) in [4.78, 5) is 11.0. The van der Waals surface area contributed by atoms with Gasteiger partial charge in [-0.15, -0.1) is 0 Å². The number of hydrogen-bond acceptors (Lipinski definition) is 3. The van der Waals surface area contributed by atoms with Gasteiger partial charge in [-0.25, -0.2) is 4.79 Å². The fourth-order valence-corrected chi connectivity index (χ4v) is 2.73. The summed E-state index contributed by atoms with van der Waals surface area (Å²) >= 11 is 0. The van der Waals surface area contributed by atoms with E-state index in [0.717, 1.165) is 27.3 Å². The summed E-state index contributed by atoms with van der Waals surface area (Å²) in [6.07, 6.45) is 0. The summed E-state index contributed by atoms with van der Waals surface area (Å²) < 4.78 is 5.36. The molecule has 0 unspecified atom stereocenters. The van der Waals surface area contributed by atoms with Crippen LogP contribution in [0.15, 0.2) is 65.1 Å². The molecule has 0 aliphatic carbocycles. The first-order chi connectivity index (χ1) is 11.1. The van der Waals surface area contributed by atoms with Gasteiger partial charge in [-0.2, -0.15) is 0 Å². The number of carboxylic acids is 1. The van der Waals surface area contributed by atoms with Crippen molar-refractivity contribution in [3.63, 3.8) is 0 Å². The Morgan fingerprint density at radius 1 is 0.783 bits per heavy atom. The van der Waals surface area contributed by atoms with Gasteiger partial charge in [0.15, 0.2) is 0 Å². The van der Waals surface area contributed by atoms with Gasteiger partial charge in [0, 0.05) is 5.39 Å². The number of carbonyl (C=O) groups is 1. The lowest BCUT2D eigenvalue weighted by atomic mass is 10.0. The molecular formula is C19H12O4. The fraction of sp³-hybridized carbons (Fsp3) is 0. The number of aromatic carboxylic acids is 1. The van der Waals surface area contributed by atoms with Gasteiger partial charge in [-0.05, 0) is 52.2 Å². The van der Waals surface area contributed by atoms with Crippen LogP contribution in [-0.2, 0) is 0 Å². The number of phenolic OH excluding ortho intramolecular Hbond substituents is 1. The van der Waals surface area contributed by atoms with Gasteiger partial charge < -0.3 is 14.6 Å². The molecule has 2 N–H and O–H groups in total. The molecule has 4 nitrogen and oxygen atoms in total. The summed E-state index contributed by atoms with van der Waals surface area (Å²) in [6.45, 7) is 0. The Kier molecular flexibility index (Phi) is 2.84. The standard InChI is InChI=1S/C19H12O4/c20-16-6-5-12-7-11(1-2-13(12)8-16)14-3-4-15-10-18(19(21)22)23-17(15)9-14/h1-10,20H,(H,21,22). The molecule has 0 fully saturated rings. The second-order valence-corrected chi connectivity index (χ2v) is 5.41. The van der Waals surface area contributed by atoms with E-state index in [9.17, 15) is 9.90 Å². The molecule has 4 aromatic rings. The Bertz CT molecular complexity index is 1060. The van der Waals surface area contributed by atoms with Crippen LogP contribution in [0.4, 0.5) is 0 Å². The van der Waals surface area contributed by atoms with Crippen LogP contribution in [-0.4, -0.2) is 16.2 Å². The molecule has 0 radical (unpaired) electrons. The molecule has 0 saturated carbocycles. The predicted molar refractivity (Wildman–Crippen MR) is 87.8 cm³/mol. The van der Waals surface area contributed by atoms with Gasteiger partial charge in [0.2, 0.25) is 5.76 Å². The van der Waals surface area contributed by atoms with Gasteiger partial charge >= 0.3 is 5.97 Å². The molecule has 1 heterocycles.